The number of piperazine rings is 1. The molecule has 2 fully saturated rings. The quantitative estimate of drug-likeness (QED) is 0.889. The highest BCUT2D eigenvalue weighted by Gasteiger charge is 2.28. The Balaban J connectivity index is 1.68. The number of hydrogen-bond donors (Lipinski definition) is 1. The fraction of sp³-hybridized carbons (Fsp3) is 0.381. The predicted octanol–water partition coefficient (Wildman–Crippen LogP) is 4.49. The molecule has 0 saturated carbocycles. The highest BCUT2D eigenvalue weighted by molar-refractivity contribution is 8.01. The molecule has 2 aromatic carbocycles. The van der Waals surface area contributed by atoms with Crippen molar-refractivity contribution in [3.8, 4) is 0 Å². The molecule has 2 radical (unpaired) electrons. The topological polar surface area (TPSA) is 15.3 Å². The number of anilines is 1. The first-order valence-electron chi connectivity index (χ1n) is 8.92. The summed E-state index contributed by atoms with van der Waals surface area (Å²) in [6.45, 7) is 3.10. The van der Waals surface area contributed by atoms with E-state index in [1.54, 1.807) is 0 Å². The molecule has 24 heavy (non-hydrogen) atoms. The second-order valence-electron chi connectivity index (χ2n) is 6.54. The minimum absolute atomic E-state index is 0.400. The van der Waals surface area contributed by atoms with Crippen molar-refractivity contribution in [1.29, 1.82) is 0 Å². The third kappa shape index (κ3) is 3.33. The molecule has 2 saturated heterocycles. The Morgan fingerprint density at radius 2 is 1.88 bits per heavy atom. The maximum atomic E-state index is 3.64. The Labute approximate surface area is 149 Å². The van der Waals surface area contributed by atoms with Crippen molar-refractivity contribution in [1.82, 2.24) is 5.32 Å². The molecule has 2 aromatic rings. The molecule has 0 aliphatic carbocycles. The molecule has 0 bridgehead atoms. The van der Waals surface area contributed by atoms with Crippen molar-refractivity contribution in [3.63, 3.8) is 0 Å². The van der Waals surface area contributed by atoms with E-state index in [4.69, 9.17) is 0 Å². The van der Waals surface area contributed by atoms with E-state index in [1.807, 2.05) is 11.8 Å². The van der Waals surface area contributed by atoms with Crippen molar-refractivity contribution in [3.05, 3.63) is 71.5 Å². The van der Waals surface area contributed by atoms with Gasteiger partial charge in [0.15, 0.2) is 0 Å². The number of thioether (sulfide) groups is 1. The molecule has 2 nitrogen and oxygen atoms in total. The summed E-state index contributed by atoms with van der Waals surface area (Å²) in [5.41, 5.74) is 4.24. The molecular weight excluding hydrogens is 312 g/mol. The van der Waals surface area contributed by atoms with Gasteiger partial charge in [-0.05, 0) is 35.8 Å². The normalized spacial score (nSPS) is 24.8. The van der Waals surface area contributed by atoms with Crippen LogP contribution in [-0.4, -0.2) is 25.4 Å². The number of nitrogens with one attached hydrogen (secondary N) is 1. The third-order valence-corrected chi connectivity index (χ3v) is 5.96. The maximum Gasteiger partial charge on any atom is 0.0667 e. The van der Waals surface area contributed by atoms with E-state index in [1.165, 1.54) is 35.4 Å². The first-order chi connectivity index (χ1) is 11.9. The second kappa shape index (κ2) is 7.62. The zero-order valence-corrected chi connectivity index (χ0v) is 14.8. The molecular formula is C21H24N2S. The minimum Gasteiger partial charge on any atom is -0.362 e. The maximum absolute atomic E-state index is 3.64. The van der Waals surface area contributed by atoms with Gasteiger partial charge in [-0.25, -0.2) is 0 Å². The van der Waals surface area contributed by atoms with E-state index in [0.29, 0.717) is 12.0 Å². The van der Waals surface area contributed by atoms with Gasteiger partial charge in [-0.15, -0.1) is 0 Å². The lowest BCUT2D eigenvalue weighted by Crippen LogP contribution is -2.46. The molecule has 124 valence electrons. The fourth-order valence-electron chi connectivity index (χ4n) is 3.81. The van der Waals surface area contributed by atoms with Crippen LogP contribution in [0, 0.1) is 5.75 Å². The lowest BCUT2D eigenvalue weighted by Gasteiger charge is -2.40. The summed E-state index contributed by atoms with van der Waals surface area (Å²) < 4.78 is 0. The molecule has 2 atom stereocenters. The summed E-state index contributed by atoms with van der Waals surface area (Å²) in [4.78, 5) is 2.60. The molecule has 0 spiro atoms. The molecule has 1 N–H and O–H groups in total. The first-order valence-corrected chi connectivity index (χ1v) is 9.90. The average molecular weight is 337 g/mol. The van der Waals surface area contributed by atoms with Crippen molar-refractivity contribution >= 4 is 17.4 Å². The summed E-state index contributed by atoms with van der Waals surface area (Å²) >= 11 is 1.87. The van der Waals surface area contributed by atoms with Crippen LogP contribution in [0.4, 0.5) is 5.69 Å². The van der Waals surface area contributed by atoms with Crippen LogP contribution in [-0.2, 0) is 0 Å². The van der Waals surface area contributed by atoms with Gasteiger partial charge in [-0.2, -0.15) is 11.8 Å². The molecule has 2 aliphatic heterocycles. The van der Waals surface area contributed by atoms with Crippen molar-refractivity contribution in [2.75, 3.05) is 30.3 Å². The van der Waals surface area contributed by atoms with Crippen LogP contribution in [0.25, 0.3) is 0 Å². The van der Waals surface area contributed by atoms with E-state index in [0.717, 1.165) is 19.6 Å². The standard InChI is InChI=1S/C21H24N2S/c1-2-7-17(8-3-1)21-15-22-12-13-23(21)20-11-5-4-10-19(20)18-9-6-14-24-16-18/h1-5,7-8,10-11,18,21-22H,6,9,12-15H2. The Morgan fingerprint density at radius 3 is 2.71 bits per heavy atom. The fourth-order valence-corrected chi connectivity index (χ4v) is 4.68. The number of rotatable bonds is 3. The van der Waals surface area contributed by atoms with Crippen molar-refractivity contribution in [2.45, 2.75) is 24.8 Å². The van der Waals surface area contributed by atoms with E-state index < -0.39 is 0 Å². The minimum atomic E-state index is 0.400. The molecule has 0 amide bonds. The van der Waals surface area contributed by atoms with E-state index >= 15 is 0 Å². The van der Waals surface area contributed by atoms with Crippen LogP contribution in [0.1, 0.15) is 35.9 Å². The zero-order valence-electron chi connectivity index (χ0n) is 13.9. The largest absolute Gasteiger partial charge is 0.362 e. The van der Waals surface area contributed by atoms with E-state index in [2.05, 4.69) is 70.6 Å². The number of para-hydroxylation sites is 1. The predicted molar refractivity (Wildman–Crippen MR) is 104 cm³/mol. The SMILES string of the molecule is [C]1SCCCC1c1ccccc1N1CCNCC1c1ccccc1. The Hall–Kier alpha value is -1.45. The smallest absolute Gasteiger partial charge is 0.0667 e. The highest BCUT2D eigenvalue weighted by Crippen LogP contribution is 2.41. The van der Waals surface area contributed by atoms with Gasteiger partial charge in [0.05, 0.1) is 11.8 Å². The number of hydrogen-bond acceptors (Lipinski definition) is 3. The lowest BCUT2D eigenvalue weighted by molar-refractivity contribution is 0.487. The van der Waals surface area contributed by atoms with Crippen LogP contribution in [0.5, 0.6) is 0 Å². The van der Waals surface area contributed by atoms with E-state index in [-0.39, 0.29) is 0 Å². The van der Waals surface area contributed by atoms with Crippen LogP contribution in [0.3, 0.4) is 0 Å². The molecule has 2 unspecified atom stereocenters. The number of benzene rings is 2. The third-order valence-electron chi connectivity index (χ3n) is 5.01. The summed E-state index contributed by atoms with van der Waals surface area (Å²) in [5.74, 6) is 5.33. The highest BCUT2D eigenvalue weighted by atomic mass is 32.2. The Morgan fingerprint density at radius 1 is 1.04 bits per heavy atom. The van der Waals surface area contributed by atoms with Crippen LogP contribution < -0.4 is 10.2 Å². The summed E-state index contributed by atoms with van der Waals surface area (Å²) in [6.07, 6.45) is 2.52. The molecule has 4 rings (SSSR count). The van der Waals surface area contributed by atoms with Gasteiger partial charge in [0.25, 0.3) is 0 Å². The van der Waals surface area contributed by atoms with Gasteiger partial charge in [0, 0.05) is 31.2 Å². The molecule has 2 aliphatic rings. The Kier molecular flexibility index (Phi) is 5.10. The lowest BCUT2D eigenvalue weighted by atomic mass is 9.92. The first kappa shape index (κ1) is 16.0. The number of nitrogens with zero attached hydrogens (tertiary/aromatic N) is 1. The van der Waals surface area contributed by atoms with Crippen molar-refractivity contribution in [2.24, 2.45) is 0 Å². The summed E-state index contributed by atoms with van der Waals surface area (Å²) in [6, 6.07) is 20.3. The van der Waals surface area contributed by atoms with Gasteiger partial charge in [0.1, 0.15) is 0 Å². The van der Waals surface area contributed by atoms with Crippen LogP contribution in [0.15, 0.2) is 54.6 Å². The van der Waals surface area contributed by atoms with Gasteiger partial charge in [-0.3, -0.25) is 0 Å². The van der Waals surface area contributed by atoms with Crippen LogP contribution >= 0.6 is 11.8 Å². The van der Waals surface area contributed by atoms with Crippen molar-refractivity contribution < 1.29 is 0 Å². The van der Waals surface area contributed by atoms with Crippen LogP contribution in [0.2, 0.25) is 0 Å². The molecule has 0 aromatic heterocycles. The molecule has 3 heteroatoms. The summed E-state index contributed by atoms with van der Waals surface area (Å²) in [5, 5.41) is 3.57. The second-order valence-corrected chi connectivity index (χ2v) is 7.48. The summed E-state index contributed by atoms with van der Waals surface area (Å²) in [7, 11) is 0. The van der Waals surface area contributed by atoms with E-state index in [9.17, 15) is 0 Å². The average Bonchev–Trinajstić information content (AvgIpc) is 2.69. The zero-order chi connectivity index (χ0) is 16.2. The van der Waals surface area contributed by atoms with Gasteiger partial charge < -0.3 is 10.2 Å². The monoisotopic (exact) mass is 336 g/mol. The Bertz CT molecular complexity index is 652. The molecule has 2 heterocycles. The van der Waals surface area contributed by atoms with Gasteiger partial charge in [-0.1, -0.05) is 48.5 Å². The van der Waals surface area contributed by atoms with Gasteiger partial charge in [0.2, 0.25) is 0 Å². The van der Waals surface area contributed by atoms with Gasteiger partial charge >= 0.3 is 0 Å².